The number of benzene rings is 2. The van der Waals surface area contributed by atoms with Gasteiger partial charge in [-0.25, -0.2) is 13.2 Å². The van der Waals surface area contributed by atoms with Crippen LogP contribution in [-0.4, -0.2) is 36.3 Å². The van der Waals surface area contributed by atoms with Crippen molar-refractivity contribution in [1.82, 2.24) is 9.13 Å². The second kappa shape index (κ2) is 7.57. The van der Waals surface area contributed by atoms with E-state index < -0.39 is 22.5 Å². The third-order valence-electron chi connectivity index (χ3n) is 4.68. The molecule has 1 N–H and O–H groups in total. The van der Waals surface area contributed by atoms with Gasteiger partial charge in [-0.3, -0.25) is 18.2 Å². The number of aryl methyl sites for hydroxylation is 3. The van der Waals surface area contributed by atoms with E-state index in [-0.39, 0.29) is 5.69 Å². The number of carbonyl (C=O) groups excluding carboxylic acids is 1. The fourth-order valence-corrected chi connectivity index (χ4v) is 4.22. The quantitative estimate of drug-likeness (QED) is 0.663. The zero-order valence-electron chi connectivity index (χ0n) is 16.4. The Bertz CT molecular complexity index is 1280. The maximum atomic E-state index is 12.6. The molecule has 3 rings (SSSR count). The molecule has 0 unspecified atom stereocenters. The number of halogens is 1. The molecule has 0 spiro atoms. The molecule has 3 aromatic rings. The second-order valence-corrected chi connectivity index (χ2v) is 9.20. The number of hydrogen-bond acceptors (Lipinski definition) is 4. The Morgan fingerprint density at radius 2 is 1.76 bits per heavy atom. The van der Waals surface area contributed by atoms with E-state index in [9.17, 15) is 18.0 Å². The molecule has 1 aromatic heterocycles. The number of carbonyl (C=O) groups is 1. The molecular weight excluding hydrogens is 416 g/mol. The molecule has 1 amide bonds. The first-order valence-electron chi connectivity index (χ1n) is 8.68. The van der Waals surface area contributed by atoms with Crippen LogP contribution in [-0.2, 0) is 28.9 Å². The summed E-state index contributed by atoms with van der Waals surface area (Å²) in [7, 11) is -0.414. The number of aromatic nitrogens is 2. The van der Waals surface area contributed by atoms with E-state index >= 15 is 0 Å². The van der Waals surface area contributed by atoms with Crippen molar-refractivity contribution < 1.29 is 13.2 Å². The smallest absolute Gasteiger partial charge is 0.324 e. The first-order valence-corrected chi connectivity index (χ1v) is 10.9. The molecule has 2 aromatic carbocycles. The lowest BCUT2D eigenvalue weighted by molar-refractivity contribution is -0.114. The van der Waals surface area contributed by atoms with E-state index in [1.807, 2.05) is 0 Å². The Morgan fingerprint density at radius 3 is 2.41 bits per heavy atom. The number of fused-ring (bicyclic) bond motifs is 1. The summed E-state index contributed by atoms with van der Waals surface area (Å²) < 4.78 is 28.6. The third kappa shape index (κ3) is 4.15. The Hall–Kier alpha value is -2.78. The number of imidazole rings is 1. The molecular formula is C19H21ClN4O4S. The van der Waals surface area contributed by atoms with Gasteiger partial charge in [-0.1, -0.05) is 17.7 Å². The van der Waals surface area contributed by atoms with Crippen LogP contribution < -0.4 is 15.3 Å². The summed E-state index contributed by atoms with van der Waals surface area (Å²) in [5.41, 5.74) is 2.68. The summed E-state index contributed by atoms with van der Waals surface area (Å²) in [5.74, 6) is -0.518. The predicted molar refractivity (Wildman–Crippen MR) is 115 cm³/mol. The van der Waals surface area contributed by atoms with Gasteiger partial charge in [-0.05, 0) is 42.8 Å². The molecule has 0 aliphatic carbocycles. The summed E-state index contributed by atoms with van der Waals surface area (Å²) in [5, 5.41) is 3.06. The molecule has 0 aliphatic heterocycles. The van der Waals surface area contributed by atoms with Crippen LogP contribution in [0.25, 0.3) is 11.0 Å². The molecule has 0 saturated heterocycles. The highest BCUT2D eigenvalue weighted by Crippen LogP contribution is 2.26. The Morgan fingerprint density at radius 1 is 1.10 bits per heavy atom. The number of rotatable bonds is 5. The topological polar surface area (TPSA) is 93.4 Å². The standard InChI is InChI=1S/C19H21ClN4O4S/c1-12-5-6-13(20)9-16(12)24(29(4,27)28)11-18(25)21-14-7-8-15-17(10-14)23(3)19(26)22(15)2/h5-10H,11H2,1-4H3,(H,21,25). The number of nitrogens with one attached hydrogen (secondary N) is 1. The maximum Gasteiger partial charge on any atom is 0.328 e. The van der Waals surface area contributed by atoms with Crippen LogP contribution in [0, 0.1) is 6.92 Å². The first kappa shape index (κ1) is 20.9. The molecule has 0 bridgehead atoms. The molecule has 0 aliphatic rings. The van der Waals surface area contributed by atoms with Crippen LogP contribution in [0.15, 0.2) is 41.2 Å². The highest BCUT2D eigenvalue weighted by molar-refractivity contribution is 7.92. The minimum atomic E-state index is -3.72. The van der Waals surface area contributed by atoms with Crippen molar-refractivity contribution in [2.45, 2.75) is 6.92 Å². The average molecular weight is 437 g/mol. The lowest BCUT2D eigenvalue weighted by Gasteiger charge is -2.23. The van der Waals surface area contributed by atoms with Crippen LogP contribution in [0.5, 0.6) is 0 Å². The minimum Gasteiger partial charge on any atom is -0.324 e. The van der Waals surface area contributed by atoms with Gasteiger partial charge >= 0.3 is 5.69 Å². The summed E-state index contributed by atoms with van der Waals surface area (Å²) in [6.45, 7) is 1.33. The predicted octanol–water partition coefficient (Wildman–Crippen LogP) is 2.24. The van der Waals surface area contributed by atoms with Crippen molar-refractivity contribution in [3.8, 4) is 0 Å². The van der Waals surface area contributed by atoms with Gasteiger partial charge in [0.05, 0.1) is 23.0 Å². The fourth-order valence-electron chi connectivity index (χ4n) is 3.15. The van der Waals surface area contributed by atoms with E-state index in [0.29, 0.717) is 27.5 Å². The van der Waals surface area contributed by atoms with Gasteiger partial charge in [0.25, 0.3) is 0 Å². The minimum absolute atomic E-state index is 0.178. The summed E-state index contributed by atoms with van der Waals surface area (Å²) >= 11 is 6.01. The molecule has 0 atom stereocenters. The van der Waals surface area contributed by atoms with Gasteiger partial charge in [0.2, 0.25) is 15.9 Å². The number of sulfonamides is 1. The van der Waals surface area contributed by atoms with Crippen molar-refractivity contribution in [1.29, 1.82) is 0 Å². The highest BCUT2D eigenvalue weighted by Gasteiger charge is 2.23. The van der Waals surface area contributed by atoms with Crippen molar-refractivity contribution >= 4 is 49.9 Å². The number of nitrogens with zero attached hydrogens (tertiary/aromatic N) is 3. The average Bonchev–Trinajstić information content (AvgIpc) is 2.85. The molecule has 29 heavy (non-hydrogen) atoms. The third-order valence-corrected chi connectivity index (χ3v) is 6.04. The van der Waals surface area contributed by atoms with E-state index in [2.05, 4.69) is 5.32 Å². The van der Waals surface area contributed by atoms with Crippen molar-refractivity contribution in [3.05, 3.63) is 57.5 Å². The molecule has 10 heteroatoms. The van der Waals surface area contributed by atoms with Crippen molar-refractivity contribution in [2.75, 3.05) is 22.4 Å². The Balaban J connectivity index is 1.90. The normalized spacial score (nSPS) is 11.6. The van der Waals surface area contributed by atoms with E-state index in [0.717, 1.165) is 16.1 Å². The Kier molecular flexibility index (Phi) is 5.46. The largest absolute Gasteiger partial charge is 0.328 e. The van der Waals surface area contributed by atoms with Crippen molar-refractivity contribution in [3.63, 3.8) is 0 Å². The van der Waals surface area contributed by atoms with Crippen LogP contribution in [0.2, 0.25) is 5.02 Å². The second-order valence-electron chi connectivity index (χ2n) is 6.85. The van der Waals surface area contributed by atoms with Gasteiger partial charge in [0.1, 0.15) is 6.54 Å². The van der Waals surface area contributed by atoms with Crippen LogP contribution in [0.4, 0.5) is 11.4 Å². The van der Waals surface area contributed by atoms with Gasteiger partial charge in [-0.2, -0.15) is 0 Å². The molecule has 0 radical (unpaired) electrons. The van der Waals surface area contributed by atoms with Crippen molar-refractivity contribution in [2.24, 2.45) is 14.1 Å². The molecule has 1 heterocycles. The molecule has 154 valence electrons. The van der Waals surface area contributed by atoms with E-state index in [1.54, 1.807) is 51.4 Å². The van der Waals surface area contributed by atoms with Gasteiger partial charge in [0.15, 0.2) is 0 Å². The lowest BCUT2D eigenvalue weighted by atomic mass is 10.2. The van der Waals surface area contributed by atoms with E-state index in [4.69, 9.17) is 11.6 Å². The fraction of sp³-hybridized carbons (Fsp3) is 0.263. The Labute approximate surface area is 173 Å². The zero-order valence-corrected chi connectivity index (χ0v) is 18.0. The first-order chi connectivity index (χ1) is 13.5. The van der Waals surface area contributed by atoms with Gasteiger partial charge in [0, 0.05) is 24.8 Å². The number of amides is 1. The molecule has 8 nitrogen and oxygen atoms in total. The number of hydrogen-bond donors (Lipinski definition) is 1. The lowest BCUT2D eigenvalue weighted by Crippen LogP contribution is -2.37. The van der Waals surface area contributed by atoms with E-state index in [1.165, 1.54) is 15.2 Å². The maximum absolute atomic E-state index is 12.6. The van der Waals surface area contributed by atoms with Crippen LogP contribution in [0.1, 0.15) is 5.56 Å². The number of anilines is 2. The zero-order chi connectivity index (χ0) is 21.5. The van der Waals surface area contributed by atoms with Gasteiger partial charge in [-0.15, -0.1) is 0 Å². The molecule has 0 fully saturated rings. The molecule has 0 saturated carbocycles. The summed E-state index contributed by atoms with van der Waals surface area (Å²) in [4.78, 5) is 24.7. The van der Waals surface area contributed by atoms with Gasteiger partial charge < -0.3 is 5.32 Å². The SMILES string of the molecule is Cc1ccc(Cl)cc1N(CC(=O)Nc1ccc2c(c1)n(C)c(=O)n2C)S(C)(=O)=O. The summed E-state index contributed by atoms with van der Waals surface area (Å²) in [6, 6.07) is 9.91. The summed E-state index contributed by atoms with van der Waals surface area (Å²) in [6.07, 6.45) is 1.03. The highest BCUT2D eigenvalue weighted by atomic mass is 35.5. The van der Waals surface area contributed by atoms with Crippen LogP contribution >= 0.6 is 11.6 Å². The monoisotopic (exact) mass is 436 g/mol. The van der Waals surface area contributed by atoms with Crippen LogP contribution in [0.3, 0.4) is 0 Å².